The highest BCUT2D eigenvalue weighted by atomic mass is 15.3. The Morgan fingerprint density at radius 3 is 1.77 bits per heavy atom. The predicted octanol–water partition coefficient (Wildman–Crippen LogP) is 10.2. The monoisotopic (exact) mass is 548 g/mol. The van der Waals surface area contributed by atoms with Gasteiger partial charge in [-0.15, -0.1) is 0 Å². The molecule has 0 fully saturated rings. The lowest BCUT2D eigenvalue weighted by atomic mass is 9.84. The molecule has 2 aliphatic heterocycles. The summed E-state index contributed by atoms with van der Waals surface area (Å²) in [4.78, 5) is 2.23. The van der Waals surface area contributed by atoms with Crippen molar-refractivity contribution in [3.8, 4) is 22.3 Å². The van der Waals surface area contributed by atoms with Crippen LogP contribution in [0.2, 0.25) is 0 Å². The minimum absolute atomic E-state index is 0.161. The van der Waals surface area contributed by atoms with Gasteiger partial charge < -0.3 is 10.2 Å². The van der Waals surface area contributed by atoms with E-state index in [0.29, 0.717) is 0 Å². The molecule has 0 radical (unpaired) electrons. The highest BCUT2D eigenvalue weighted by Gasteiger charge is 2.24. The molecule has 202 valence electrons. The quantitative estimate of drug-likeness (QED) is 0.221. The number of hydrogen-bond donors (Lipinski definition) is 1. The van der Waals surface area contributed by atoms with E-state index in [2.05, 4.69) is 168 Å². The zero-order chi connectivity index (χ0) is 28.3. The number of hydrogen-bond acceptors (Lipinski definition) is 2. The second-order valence-electron chi connectivity index (χ2n) is 11.4. The lowest BCUT2D eigenvalue weighted by Gasteiger charge is -2.21. The van der Waals surface area contributed by atoms with Gasteiger partial charge in [0.05, 0.1) is 5.70 Å². The maximum atomic E-state index is 3.71. The molecule has 9 rings (SSSR count). The summed E-state index contributed by atoms with van der Waals surface area (Å²) >= 11 is 0. The van der Waals surface area contributed by atoms with Gasteiger partial charge in [-0.1, -0.05) is 127 Å². The fourth-order valence-corrected chi connectivity index (χ4v) is 7.08. The van der Waals surface area contributed by atoms with Crippen molar-refractivity contribution in [2.75, 3.05) is 0 Å². The second-order valence-corrected chi connectivity index (χ2v) is 11.4. The van der Waals surface area contributed by atoms with Crippen molar-refractivity contribution >= 4 is 48.8 Å². The van der Waals surface area contributed by atoms with E-state index in [4.69, 9.17) is 0 Å². The molecule has 7 aromatic rings. The Bertz CT molecular complexity index is 2280. The zero-order valence-corrected chi connectivity index (χ0v) is 23.5. The van der Waals surface area contributed by atoms with Crippen LogP contribution in [0, 0.1) is 0 Å². The van der Waals surface area contributed by atoms with Crippen LogP contribution < -0.4 is 5.32 Å². The molecule has 2 nitrogen and oxygen atoms in total. The second kappa shape index (κ2) is 9.47. The van der Waals surface area contributed by atoms with E-state index >= 15 is 0 Å². The molecular weight excluding hydrogens is 520 g/mol. The molecule has 2 heterocycles. The van der Waals surface area contributed by atoms with Gasteiger partial charge in [0.25, 0.3) is 0 Å². The minimum Gasteiger partial charge on any atom is -0.360 e. The third-order valence-electron chi connectivity index (χ3n) is 9.02. The molecule has 0 spiro atoms. The van der Waals surface area contributed by atoms with Crippen LogP contribution in [0.5, 0.6) is 0 Å². The predicted molar refractivity (Wildman–Crippen MR) is 182 cm³/mol. The molecule has 0 saturated heterocycles. The fraction of sp³-hybridized carbons (Fsp3) is 0.0244. The third kappa shape index (κ3) is 3.73. The van der Waals surface area contributed by atoms with Crippen molar-refractivity contribution in [3.63, 3.8) is 0 Å². The first-order chi connectivity index (χ1) is 21.3. The van der Waals surface area contributed by atoms with E-state index in [-0.39, 0.29) is 6.17 Å². The summed E-state index contributed by atoms with van der Waals surface area (Å²) in [6.45, 7) is 0. The van der Waals surface area contributed by atoms with Crippen molar-refractivity contribution in [3.05, 3.63) is 164 Å². The number of benzene rings is 7. The van der Waals surface area contributed by atoms with Gasteiger partial charge in [0, 0.05) is 18.0 Å². The van der Waals surface area contributed by atoms with Gasteiger partial charge in [-0.2, -0.15) is 0 Å². The summed E-state index contributed by atoms with van der Waals surface area (Å²) in [5, 5.41) is 13.8. The van der Waals surface area contributed by atoms with Crippen LogP contribution >= 0.6 is 0 Å². The summed E-state index contributed by atoms with van der Waals surface area (Å²) in [7, 11) is 0. The molecule has 0 aliphatic carbocycles. The molecule has 1 atom stereocenters. The van der Waals surface area contributed by atoms with Crippen LogP contribution in [0.1, 0.15) is 5.56 Å². The topological polar surface area (TPSA) is 15.3 Å². The molecule has 7 aromatic carbocycles. The number of fused-ring (bicyclic) bond motifs is 5. The van der Waals surface area contributed by atoms with Crippen LogP contribution in [0.3, 0.4) is 0 Å². The van der Waals surface area contributed by atoms with Gasteiger partial charge in [0.2, 0.25) is 0 Å². The first-order valence-electron chi connectivity index (χ1n) is 14.9. The highest BCUT2D eigenvalue weighted by Crippen LogP contribution is 2.46. The Hall–Kier alpha value is -5.60. The average molecular weight is 549 g/mol. The van der Waals surface area contributed by atoms with Gasteiger partial charge in [-0.05, 0) is 83.6 Å². The smallest absolute Gasteiger partial charge is 0.122 e. The average Bonchev–Trinajstić information content (AvgIpc) is 3.51. The molecule has 2 aliphatic rings. The largest absolute Gasteiger partial charge is 0.360 e. The molecule has 0 amide bonds. The van der Waals surface area contributed by atoms with Crippen LogP contribution in [0.15, 0.2) is 158 Å². The summed E-state index contributed by atoms with van der Waals surface area (Å²) in [6.07, 6.45) is 10.9. The van der Waals surface area contributed by atoms with E-state index in [1.165, 1.54) is 70.9 Å². The van der Waals surface area contributed by atoms with Gasteiger partial charge in [0.15, 0.2) is 0 Å². The molecule has 0 bridgehead atoms. The lowest BCUT2D eigenvalue weighted by molar-refractivity contribution is 0.427. The first kappa shape index (κ1) is 24.0. The summed E-state index contributed by atoms with van der Waals surface area (Å²) in [5.74, 6) is 0. The van der Waals surface area contributed by atoms with E-state index in [9.17, 15) is 0 Å². The van der Waals surface area contributed by atoms with Crippen molar-refractivity contribution in [2.45, 2.75) is 6.17 Å². The van der Waals surface area contributed by atoms with E-state index in [1.807, 2.05) is 0 Å². The van der Waals surface area contributed by atoms with E-state index < -0.39 is 0 Å². The number of nitrogens with zero attached hydrogens (tertiary/aromatic N) is 1. The Morgan fingerprint density at radius 2 is 1.07 bits per heavy atom. The molecule has 43 heavy (non-hydrogen) atoms. The summed E-state index contributed by atoms with van der Waals surface area (Å²) in [5.41, 5.74) is 7.45. The van der Waals surface area contributed by atoms with Crippen LogP contribution in [0.4, 0.5) is 0 Å². The maximum absolute atomic E-state index is 3.71. The van der Waals surface area contributed by atoms with Crippen LogP contribution in [-0.2, 0) is 0 Å². The minimum atomic E-state index is 0.161. The third-order valence-corrected chi connectivity index (χ3v) is 9.02. The van der Waals surface area contributed by atoms with Crippen molar-refractivity contribution in [1.82, 2.24) is 10.2 Å². The van der Waals surface area contributed by atoms with Gasteiger partial charge in [-0.25, -0.2) is 0 Å². The first-order valence-corrected chi connectivity index (χ1v) is 14.9. The lowest BCUT2D eigenvalue weighted by Crippen LogP contribution is -2.31. The Kier molecular flexibility index (Phi) is 5.30. The van der Waals surface area contributed by atoms with E-state index in [1.54, 1.807) is 0 Å². The number of allylic oxidation sites excluding steroid dienone is 2. The zero-order valence-electron chi connectivity index (χ0n) is 23.5. The molecule has 0 saturated carbocycles. The van der Waals surface area contributed by atoms with Gasteiger partial charge in [0.1, 0.15) is 6.17 Å². The van der Waals surface area contributed by atoms with Crippen molar-refractivity contribution in [2.24, 2.45) is 0 Å². The number of rotatable bonds is 3. The highest BCUT2D eigenvalue weighted by molar-refractivity contribution is 6.24. The molecule has 2 heteroatoms. The van der Waals surface area contributed by atoms with Gasteiger partial charge in [-0.3, -0.25) is 0 Å². The summed E-state index contributed by atoms with van der Waals surface area (Å²) < 4.78 is 0. The van der Waals surface area contributed by atoms with Crippen molar-refractivity contribution in [1.29, 1.82) is 0 Å². The summed E-state index contributed by atoms with van der Waals surface area (Å²) in [6, 6.07) is 46.8. The van der Waals surface area contributed by atoms with Crippen LogP contribution in [-0.4, -0.2) is 11.1 Å². The molecular formula is C41H28N2. The fourth-order valence-electron chi connectivity index (χ4n) is 7.08. The Balaban J connectivity index is 1.32. The standard InChI is InChI=1S/C41H28N2/c1-2-12-28-25-29(21-20-27(28)11-1)40-33-15-5-7-17-35(33)41(36-18-8-6-16-34(36)40)37-23-22-32(30-13-3-4-14-31(30)37)38-26-43-24-10-9-19-39(43)42-38/h1-26,39,42H. The Labute approximate surface area is 250 Å². The Morgan fingerprint density at radius 1 is 0.488 bits per heavy atom. The van der Waals surface area contributed by atoms with E-state index in [0.717, 1.165) is 5.70 Å². The molecule has 1 N–H and O–H groups in total. The van der Waals surface area contributed by atoms with Gasteiger partial charge >= 0.3 is 0 Å². The molecule has 1 unspecified atom stereocenters. The SMILES string of the molecule is C1=CC2NC(c3ccc(-c4c5ccccc5c(-c5ccc6ccccc6c5)c5ccccc45)c4ccccc34)=CN2C=C1. The maximum Gasteiger partial charge on any atom is 0.122 e. The molecule has 0 aromatic heterocycles. The normalized spacial score (nSPS) is 15.8. The van der Waals surface area contributed by atoms with Crippen LogP contribution in [0.25, 0.3) is 71.0 Å². The number of nitrogens with one attached hydrogen (secondary N) is 1. The van der Waals surface area contributed by atoms with Crippen molar-refractivity contribution < 1.29 is 0 Å².